The van der Waals surface area contributed by atoms with Crippen molar-refractivity contribution in [2.75, 3.05) is 0 Å². The van der Waals surface area contributed by atoms with Crippen molar-refractivity contribution >= 4 is 17.2 Å². The summed E-state index contributed by atoms with van der Waals surface area (Å²) in [5.41, 5.74) is 0.431. The van der Waals surface area contributed by atoms with Crippen molar-refractivity contribution in [2.45, 2.75) is 0 Å². The highest BCUT2D eigenvalue weighted by molar-refractivity contribution is 6.29. The molecule has 0 aliphatic rings. The van der Waals surface area contributed by atoms with Gasteiger partial charge in [-0.3, -0.25) is 4.40 Å². The first-order valence-electron chi connectivity index (χ1n) is 4.97. The van der Waals surface area contributed by atoms with Crippen molar-refractivity contribution in [3.05, 3.63) is 47.4 Å². The summed E-state index contributed by atoms with van der Waals surface area (Å²) in [4.78, 5) is 3.85. The predicted molar refractivity (Wildman–Crippen MR) is 61.1 cm³/mol. The molecule has 0 unspecified atom stereocenters. The molecule has 0 bridgehead atoms. The lowest BCUT2D eigenvalue weighted by Gasteiger charge is -2.01. The maximum absolute atomic E-state index is 13.7. The third-order valence-electron chi connectivity index (χ3n) is 2.46. The first-order valence-corrected chi connectivity index (χ1v) is 5.35. The Bertz CT molecular complexity index is 741. The summed E-state index contributed by atoms with van der Waals surface area (Å²) in [5, 5.41) is 7.89. The zero-order valence-corrected chi connectivity index (χ0v) is 9.57. The smallest absolute Gasteiger partial charge is 0.172 e. The molecule has 90 valence electrons. The molecule has 2 aromatic heterocycles. The molecule has 4 nitrogen and oxygen atoms in total. The molecule has 0 radical (unpaired) electrons. The van der Waals surface area contributed by atoms with Crippen molar-refractivity contribution in [1.82, 2.24) is 19.6 Å². The molecule has 0 saturated heterocycles. The third kappa shape index (κ3) is 1.62. The van der Waals surface area contributed by atoms with Crippen molar-refractivity contribution < 1.29 is 8.78 Å². The summed E-state index contributed by atoms with van der Waals surface area (Å²) < 4.78 is 28.3. The maximum Gasteiger partial charge on any atom is 0.172 e. The maximum atomic E-state index is 13.7. The van der Waals surface area contributed by atoms with Crippen LogP contribution in [0.3, 0.4) is 0 Å². The number of aromatic nitrogens is 4. The molecule has 18 heavy (non-hydrogen) atoms. The van der Waals surface area contributed by atoms with Crippen LogP contribution in [0, 0.1) is 11.6 Å². The van der Waals surface area contributed by atoms with Gasteiger partial charge in [-0.2, -0.15) is 0 Å². The average Bonchev–Trinajstić information content (AvgIpc) is 2.75. The van der Waals surface area contributed by atoms with E-state index in [0.29, 0.717) is 5.65 Å². The van der Waals surface area contributed by atoms with E-state index < -0.39 is 11.6 Å². The minimum absolute atomic E-state index is 0.0200. The van der Waals surface area contributed by atoms with Gasteiger partial charge in [-0.25, -0.2) is 13.8 Å². The number of benzene rings is 1. The molecular weight excluding hydrogens is 262 g/mol. The van der Waals surface area contributed by atoms with Crippen molar-refractivity contribution in [3.63, 3.8) is 0 Å². The number of rotatable bonds is 1. The second-order valence-electron chi connectivity index (χ2n) is 3.56. The Morgan fingerprint density at radius 3 is 2.83 bits per heavy atom. The van der Waals surface area contributed by atoms with Gasteiger partial charge < -0.3 is 0 Å². The average molecular weight is 267 g/mol. The molecule has 0 atom stereocenters. The zero-order valence-electron chi connectivity index (χ0n) is 8.81. The molecule has 0 N–H and O–H groups in total. The lowest BCUT2D eigenvalue weighted by Crippen LogP contribution is -1.95. The van der Waals surface area contributed by atoms with E-state index >= 15 is 0 Å². The van der Waals surface area contributed by atoms with Crippen LogP contribution in [0.1, 0.15) is 0 Å². The molecule has 7 heteroatoms. The fourth-order valence-corrected chi connectivity index (χ4v) is 1.77. The molecule has 0 spiro atoms. The number of fused-ring (bicyclic) bond motifs is 1. The minimum Gasteiger partial charge on any atom is -0.265 e. The molecule has 1 aromatic carbocycles. The summed E-state index contributed by atoms with van der Waals surface area (Å²) in [5.74, 6) is -1.74. The monoisotopic (exact) mass is 266 g/mol. The van der Waals surface area contributed by atoms with Crippen molar-refractivity contribution in [1.29, 1.82) is 0 Å². The summed E-state index contributed by atoms with van der Waals surface area (Å²) in [6, 6.07) is 5.34. The molecule has 0 amide bonds. The second kappa shape index (κ2) is 3.99. The van der Waals surface area contributed by atoms with Gasteiger partial charge in [0.15, 0.2) is 23.1 Å². The summed E-state index contributed by atoms with van der Waals surface area (Å²) >= 11 is 5.70. The van der Waals surface area contributed by atoms with Crippen LogP contribution in [0.25, 0.3) is 17.0 Å². The van der Waals surface area contributed by atoms with Gasteiger partial charge >= 0.3 is 0 Å². The summed E-state index contributed by atoms with van der Waals surface area (Å²) in [6.45, 7) is 0. The summed E-state index contributed by atoms with van der Waals surface area (Å²) in [7, 11) is 0. The lowest BCUT2D eigenvalue weighted by atomic mass is 10.2. The quantitative estimate of drug-likeness (QED) is 0.636. The van der Waals surface area contributed by atoms with Gasteiger partial charge in [0.05, 0.1) is 5.56 Å². The Labute approximate surface area is 105 Å². The van der Waals surface area contributed by atoms with E-state index in [0.717, 1.165) is 6.07 Å². The van der Waals surface area contributed by atoms with Crippen LogP contribution in [0.15, 0.2) is 30.6 Å². The van der Waals surface area contributed by atoms with E-state index in [4.69, 9.17) is 11.6 Å². The second-order valence-corrected chi connectivity index (χ2v) is 3.95. The number of hydrogen-bond donors (Lipinski definition) is 0. The zero-order chi connectivity index (χ0) is 12.7. The Morgan fingerprint density at radius 2 is 2.00 bits per heavy atom. The van der Waals surface area contributed by atoms with Gasteiger partial charge in [0.25, 0.3) is 0 Å². The normalized spacial score (nSPS) is 11.1. The van der Waals surface area contributed by atoms with E-state index in [1.807, 2.05) is 0 Å². The molecule has 3 aromatic rings. The van der Waals surface area contributed by atoms with Gasteiger partial charge in [-0.15, -0.1) is 10.2 Å². The van der Waals surface area contributed by atoms with Crippen LogP contribution in [-0.4, -0.2) is 19.6 Å². The van der Waals surface area contributed by atoms with Gasteiger partial charge in [0.2, 0.25) is 0 Å². The van der Waals surface area contributed by atoms with E-state index in [9.17, 15) is 8.78 Å². The number of halogens is 3. The highest BCUT2D eigenvalue weighted by atomic mass is 35.5. The van der Waals surface area contributed by atoms with Crippen LogP contribution in [-0.2, 0) is 0 Å². The Kier molecular flexibility index (Phi) is 2.45. The Balaban J connectivity index is 2.29. The van der Waals surface area contributed by atoms with Crippen molar-refractivity contribution in [2.24, 2.45) is 0 Å². The SMILES string of the molecule is Fc1cccc(-c2nnc3cc(Cl)ncn23)c1F. The Hall–Kier alpha value is -2.08. The highest BCUT2D eigenvalue weighted by Crippen LogP contribution is 2.23. The third-order valence-corrected chi connectivity index (χ3v) is 2.67. The van der Waals surface area contributed by atoms with E-state index in [1.54, 1.807) is 0 Å². The number of hydrogen-bond acceptors (Lipinski definition) is 3. The van der Waals surface area contributed by atoms with Crippen LogP contribution in [0.5, 0.6) is 0 Å². The van der Waals surface area contributed by atoms with E-state index in [-0.39, 0.29) is 16.5 Å². The van der Waals surface area contributed by atoms with E-state index in [2.05, 4.69) is 15.2 Å². The molecule has 0 saturated carbocycles. The first-order chi connectivity index (χ1) is 8.66. The lowest BCUT2D eigenvalue weighted by molar-refractivity contribution is 0.510. The molecule has 0 fully saturated rings. The van der Waals surface area contributed by atoms with Crippen LogP contribution >= 0.6 is 11.6 Å². The molecule has 0 aliphatic heterocycles. The first kappa shape index (κ1) is 11.0. The van der Waals surface area contributed by atoms with Gasteiger partial charge in [0, 0.05) is 6.07 Å². The van der Waals surface area contributed by atoms with Gasteiger partial charge in [0.1, 0.15) is 11.5 Å². The van der Waals surface area contributed by atoms with Crippen LogP contribution in [0.4, 0.5) is 8.78 Å². The standard InChI is InChI=1S/C11H5ClF2N4/c12-8-4-9-16-17-11(18(9)5-15-8)6-2-1-3-7(13)10(6)14/h1-5H. The number of nitrogens with zero attached hydrogens (tertiary/aromatic N) is 4. The summed E-state index contributed by atoms with van der Waals surface area (Å²) in [6.07, 6.45) is 1.36. The van der Waals surface area contributed by atoms with Gasteiger partial charge in [-0.05, 0) is 12.1 Å². The van der Waals surface area contributed by atoms with Gasteiger partial charge in [-0.1, -0.05) is 17.7 Å². The van der Waals surface area contributed by atoms with Crippen LogP contribution < -0.4 is 0 Å². The molecular formula is C11H5ClF2N4. The topological polar surface area (TPSA) is 43.1 Å². The molecule has 0 aliphatic carbocycles. The molecule has 2 heterocycles. The largest absolute Gasteiger partial charge is 0.265 e. The molecule has 3 rings (SSSR count). The van der Waals surface area contributed by atoms with Crippen LogP contribution in [0.2, 0.25) is 5.15 Å². The fraction of sp³-hybridized carbons (Fsp3) is 0. The highest BCUT2D eigenvalue weighted by Gasteiger charge is 2.15. The van der Waals surface area contributed by atoms with Crippen molar-refractivity contribution in [3.8, 4) is 11.4 Å². The Morgan fingerprint density at radius 1 is 1.17 bits per heavy atom. The predicted octanol–water partition coefficient (Wildman–Crippen LogP) is 2.72. The fourth-order valence-electron chi connectivity index (χ4n) is 1.63. The minimum atomic E-state index is -0.971. The van der Waals surface area contributed by atoms with E-state index in [1.165, 1.54) is 28.9 Å².